The first kappa shape index (κ1) is 8.27. The molecule has 0 spiro atoms. The Bertz CT molecular complexity index is 382. The van der Waals surface area contributed by atoms with Gasteiger partial charge in [-0.3, -0.25) is 0 Å². The molecule has 64 valence electrons. The highest BCUT2D eigenvalue weighted by atomic mass is 32.2. The average molecular weight is 187 g/mol. The lowest BCUT2D eigenvalue weighted by Crippen LogP contribution is -1.70. The molecule has 0 aliphatic heterocycles. The van der Waals surface area contributed by atoms with Crippen molar-refractivity contribution in [2.24, 2.45) is 0 Å². The molecule has 0 unspecified atom stereocenters. The highest BCUT2D eigenvalue weighted by molar-refractivity contribution is 7.36. The zero-order chi connectivity index (χ0) is 9.10. The van der Waals surface area contributed by atoms with Crippen molar-refractivity contribution in [3.05, 3.63) is 59.3 Å². The molecule has 1 aromatic carbocycles. The van der Waals surface area contributed by atoms with Crippen molar-refractivity contribution >= 4 is 16.5 Å². The first-order valence-corrected chi connectivity index (χ1v) is 5.54. The van der Waals surface area contributed by atoms with Gasteiger partial charge in [0.1, 0.15) is 10.8 Å². The average Bonchev–Trinajstić information content (AvgIpc) is 2.71. The summed E-state index contributed by atoms with van der Waals surface area (Å²) in [4.78, 5) is 1.37. The smallest absolute Gasteiger partial charge is 0.0985 e. The Morgan fingerprint density at radius 3 is 2.15 bits per heavy atom. The fourth-order valence-electron chi connectivity index (χ4n) is 1.22. The topological polar surface area (TPSA) is 0 Å². The summed E-state index contributed by atoms with van der Waals surface area (Å²) in [5.74, 6) is 0. The SMILES string of the molecule is C=Cc1ccc(-[s+]2cccc2)cc1. The second-order valence-electron chi connectivity index (χ2n) is 2.80. The Hall–Kier alpha value is -1.34. The van der Waals surface area contributed by atoms with Crippen LogP contribution >= 0.6 is 10.5 Å². The molecular formula is C12H11S+. The van der Waals surface area contributed by atoms with E-state index in [0.717, 1.165) is 0 Å². The number of benzene rings is 1. The van der Waals surface area contributed by atoms with E-state index >= 15 is 0 Å². The lowest BCUT2D eigenvalue weighted by Gasteiger charge is -1.91. The van der Waals surface area contributed by atoms with Crippen molar-refractivity contribution < 1.29 is 0 Å². The highest BCUT2D eigenvalue weighted by Crippen LogP contribution is 2.29. The molecule has 13 heavy (non-hydrogen) atoms. The van der Waals surface area contributed by atoms with E-state index in [-0.39, 0.29) is 10.5 Å². The van der Waals surface area contributed by atoms with Gasteiger partial charge in [0.25, 0.3) is 0 Å². The van der Waals surface area contributed by atoms with Crippen LogP contribution in [-0.4, -0.2) is 0 Å². The van der Waals surface area contributed by atoms with Gasteiger partial charge in [-0.1, -0.05) is 12.7 Å². The second kappa shape index (κ2) is 3.58. The second-order valence-corrected chi connectivity index (χ2v) is 4.56. The Kier molecular flexibility index (Phi) is 2.28. The minimum Gasteiger partial charge on any atom is -0.0985 e. The predicted molar refractivity (Wildman–Crippen MR) is 60.3 cm³/mol. The van der Waals surface area contributed by atoms with Gasteiger partial charge in [0, 0.05) is 10.5 Å². The molecule has 0 saturated carbocycles. The molecule has 2 aromatic rings. The van der Waals surface area contributed by atoms with Gasteiger partial charge in [-0.15, -0.1) is 0 Å². The van der Waals surface area contributed by atoms with Gasteiger partial charge < -0.3 is 0 Å². The zero-order valence-electron chi connectivity index (χ0n) is 7.31. The summed E-state index contributed by atoms with van der Waals surface area (Å²) in [7, 11) is 0.204. The molecular weight excluding hydrogens is 176 g/mol. The van der Waals surface area contributed by atoms with Crippen molar-refractivity contribution in [2.45, 2.75) is 0 Å². The van der Waals surface area contributed by atoms with Crippen LogP contribution in [0.25, 0.3) is 11.0 Å². The van der Waals surface area contributed by atoms with Crippen molar-refractivity contribution in [3.8, 4) is 4.90 Å². The molecule has 0 fully saturated rings. The molecule has 0 bridgehead atoms. The summed E-state index contributed by atoms with van der Waals surface area (Å²) < 4.78 is 0. The molecule has 0 amide bonds. The Balaban J connectivity index is 2.38. The Morgan fingerprint density at radius 1 is 1.00 bits per heavy atom. The summed E-state index contributed by atoms with van der Waals surface area (Å²) in [5.41, 5.74) is 1.18. The fourth-order valence-corrected chi connectivity index (χ4v) is 2.60. The molecule has 2 rings (SSSR count). The molecule has 0 aliphatic carbocycles. The minimum atomic E-state index is 0.204. The van der Waals surface area contributed by atoms with E-state index in [1.54, 1.807) is 0 Å². The summed E-state index contributed by atoms with van der Waals surface area (Å²) in [6, 6.07) is 12.7. The maximum atomic E-state index is 3.73. The van der Waals surface area contributed by atoms with Crippen molar-refractivity contribution in [1.29, 1.82) is 0 Å². The zero-order valence-corrected chi connectivity index (χ0v) is 8.13. The molecule has 1 aromatic heterocycles. The third kappa shape index (κ3) is 1.70. The molecule has 0 radical (unpaired) electrons. The van der Waals surface area contributed by atoms with Crippen LogP contribution < -0.4 is 0 Å². The fraction of sp³-hybridized carbons (Fsp3) is 0. The third-order valence-electron chi connectivity index (χ3n) is 1.95. The summed E-state index contributed by atoms with van der Waals surface area (Å²) in [5, 5.41) is 4.45. The van der Waals surface area contributed by atoms with Crippen molar-refractivity contribution in [3.63, 3.8) is 0 Å². The van der Waals surface area contributed by atoms with Gasteiger partial charge in [-0.2, -0.15) is 0 Å². The van der Waals surface area contributed by atoms with Gasteiger partial charge in [0.15, 0.2) is 4.90 Å². The lowest BCUT2D eigenvalue weighted by molar-refractivity contribution is 1.70. The summed E-state index contributed by atoms with van der Waals surface area (Å²) >= 11 is 0. The first-order chi connectivity index (χ1) is 6.40. The molecule has 0 N–H and O–H groups in total. The van der Waals surface area contributed by atoms with E-state index in [9.17, 15) is 0 Å². The van der Waals surface area contributed by atoms with E-state index < -0.39 is 0 Å². The van der Waals surface area contributed by atoms with Crippen LogP contribution in [0, 0.1) is 0 Å². The molecule has 0 atom stereocenters. The van der Waals surface area contributed by atoms with Gasteiger partial charge >= 0.3 is 0 Å². The van der Waals surface area contributed by atoms with Crippen LogP contribution in [0.3, 0.4) is 0 Å². The van der Waals surface area contributed by atoms with Crippen LogP contribution in [-0.2, 0) is 0 Å². The molecule has 0 aliphatic rings. The number of rotatable bonds is 2. The van der Waals surface area contributed by atoms with Crippen molar-refractivity contribution in [1.82, 2.24) is 0 Å². The van der Waals surface area contributed by atoms with Crippen LogP contribution in [0.2, 0.25) is 0 Å². The molecule has 1 heterocycles. The van der Waals surface area contributed by atoms with E-state index in [2.05, 4.69) is 53.7 Å². The monoisotopic (exact) mass is 187 g/mol. The third-order valence-corrected chi connectivity index (χ3v) is 3.67. The van der Waals surface area contributed by atoms with Crippen molar-refractivity contribution in [2.75, 3.05) is 0 Å². The highest BCUT2D eigenvalue weighted by Gasteiger charge is 2.04. The minimum absolute atomic E-state index is 0.204. The summed E-state index contributed by atoms with van der Waals surface area (Å²) in [6.45, 7) is 3.73. The molecule has 0 saturated heterocycles. The van der Waals surface area contributed by atoms with E-state index in [1.807, 2.05) is 6.08 Å². The Morgan fingerprint density at radius 2 is 1.62 bits per heavy atom. The number of hydrogen-bond acceptors (Lipinski definition) is 0. The van der Waals surface area contributed by atoms with Gasteiger partial charge in [0.2, 0.25) is 0 Å². The normalized spacial score (nSPS) is 9.85. The van der Waals surface area contributed by atoms with Crippen LogP contribution in [0.4, 0.5) is 0 Å². The van der Waals surface area contributed by atoms with Crippen LogP contribution in [0.5, 0.6) is 0 Å². The van der Waals surface area contributed by atoms with E-state index in [4.69, 9.17) is 0 Å². The molecule has 1 heteroatoms. The van der Waals surface area contributed by atoms with E-state index in [1.165, 1.54) is 10.5 Å². The largest absolute Gasteiger partial charge is 0.178 e. The first-order valence-electron chi connectivity index (χ1n) is 4.19. The quantitative estimate of drug-likeness (QED) is 0.622. The van der Waals surface area contributed by atoms with E-state index in [0.29, 0.717) is 0 Å². The van der Waals surface area contributed by atoms with Crippen LogP contribution in [0.15, 0.2) is 53.7 Å². The lowest BCUT2D eigenvalue weighted by atomic mass is 10.2. The van der Waals surface area contributed by atoms with Gasteiger partial charge in [-0.25, -0.2) is 0 Å². The predicted octanol–water partition coefficient (Wildman–Crippen LogP) is 4.07. The number of thiophene rings is 1. The summed E-state index contributed by atoms with van der Waals surface area (Å²) in [6.07, 6.45) is 1.87. The number of hydrogen-bond donors (Lipinski definition) is 0. The van der Waals surface area contributed by atoms with Gasteiger partial charge in [-0.05, 0) is 42.0 Å². The molecule has 0 nitrogen and oxygen atoms in total. The van der Waals surface area contributed by atoms with Gasteiger partial charge in [0.05, 0.1) is 0 Å². The van der Waals surface area contributed by atoms with Crippen LogP contribution in [0.1, 0.15) is 5.56 Å². The maximum Gasteiger partial charge on any atom is 0.178 e. The maximum absolute atomic E-state index is 3.73. The standard InChI is InChI=1S/C12H11S/c1-2-11-5-7-12(8-6-11)13-9-3-4-10-13/h2-10H,1H2/q+1. The Labute approximate surface area is 81.1 Å².